The van der Waals surface area contributed by atoms with Crippen molar-refractivity contribution in [3.8, 4) is 0 Å². The van der Waals surface area contributed by atoms with Crippen LogP contribution in [0.25, 0.3) is 0 Å². The van der Waals surface area contributed by atoms with Gasteiger partial charge in [0.25, 0.3) is 0 Å². The molecule has 1 aliphatic carbocycles. The summed E-state index contributed by atoms with van der Waals surface area (Å²) in [6.45, 7) is 0. The maximum atomic E-state index is 13.3. The van der Waals surface area contributed by atoms with E-state index in [2.05, 4.69) is 0 Å². The number of fused-ring (bicyclic) bond motifs is 1. The third-order valence-electron chi connectivity index (χ3n) is 3.54. The van der Waals surface area contributed by atoms with Crippen LogP contribution in [0.3, 0.4) is 0 Å². The second kappa shape index (κ2) is 5.23. The van der Waals surface area contributed by atoms with Gasteiger partial charge in [0, 0.05) is 20.3 Å². The summed E-state index contributed by atoms with van der Waals surface area (Å²) in [7, 11) is 0. The maximum Gasteiger partial charge on any atom is 0.123 e. The van der Waals surface area contributed by atoms with Crippen molar-refractivity contribution in [1.29, 1.82) is 0 Å². The lowest BCUT2D eigenvalue weighted by molar-refractivity contribution is 0.223. The van der Waals surface area contributed by atoms with Crippen LogP contribution in [-0.2, 0) is 12.8 Å². The van der Waals surface area contributed by atoms with E-state index in [0.29, 0.717) is 10.6 Å². The minimum Gasteiger partial charge on any atom is -0.383 e. The van der Waals surface area contributed by atoms with Crippen molar-refractivity contribution in [1.82, 2.24) is 0 Å². The summed E-state index contributed by atoms with van der Waals surface area (Å²) in [4.78, 5) is 2.22. The van der Waals surface area contributed by atoms with E-state index >= 15 is 0 Å². The SMILES string of the molecule is OC(c1cc2c(s1)CCCC2)c1cc(F)ccc1Cl. The number of thiophene rings is 1. The van der Waals surface area contributed by atoms with Gasteiger partial charge in [-0.05, 0) is 55.5 Å². The lowest BCUT2D eigenvalue weighted by Crippen LogP contribution is -1.99. The second-order valence-electron chi connectivity index (χ2n) is 4.87. The van der Waals surface area contributed by atoms with Crippen molar-refractivity contribution in [3.05, 3.63) is 56.0 Å². The van der Waals surface area contributed by atoms with Crippen LogP contribution in [0.2, 0.25) is 5.02 Å². The molecule has 0 amide bonds. The largest absolute Gasteiger partial charge is 0.383 e. The summed E-state index contributed by atoms with van der Waals surface area (Å²) < 4.78 is 13.3. The Kier molecular flexibility index (Phi) is 3.61. The Morgan fingerprint density at radius 3 is 2.79 bits per heavy atom. The van der Waals surface area contributed by atoms with Crippen LogP contribution in [0.15, 0.2) is 24.3 Å². The minimum atomic E-state index is -0.834. The summed E-state index contributed by atoms with van der Waals surface area (Å²) in [5.74, 6) is -0.375. The number of halogens is 2. The lowest BCUT2D eigenvalue weighted by atomic mass is 9.98. The Morgan fingerprint density at radius 1 is 1.21 bits per heavy atom. The minimum absolute atomic E-state index is 0.375. The van der Waals surface area contributed by atoms with Gasteiger partial charge >= 0.3 is 0 Å². The number of hydrogen-bond donors (Lipinski definition) is 1. The Balaban J connectivity index is 1.97. The number of aryl methyl sites for hydroxylation is 2. The van der Waals surface area contributed by atoms with E-state index in [1.165, 1.54) is 41.5 Å². The third kappa shape index (κ3) is 2.55. The molecule has 1 aromatic heterocycles. The molecule has 0 aliphatic heterocycles. The molecule has 0 bridgehead atoms. The average molecular weight is 297 g/mol. The van der Waals surface area contributed by atoms with Gasteiger partial charge in [0.05, 0.1) is 0 Å². The zero-order chi connectivity index (χ0) is 13.4. The monoisotopic (exact) mass is 296 g/mol. The van der Waals surface area contributed by atoms with E-state index < -0.39 is 6.10 Å². The van der Waals surface area contributed by atoms with Gasteiger partial charge in [-0.25, -0.2) is 4.39 Å². The maximum absolute atomic E-state index is 13.3. The highest BCUT2D eigenvalue weighted by molar-refractivity contribution is 7.12. The van der Waals surface area contributed by atoms with Crippen molar-refractivity contribution in [2.75, 3.05) is 0 Å². The van der Waals surface area contributed by atoms with Gasteiger partial charge in [-0.3, -0.25) is 0 Å². The average Bonchev–Trinajstić information content (AvgIpc) is 2.84. The van der Waals surface area contributed by atoms with Crippen LogP contribution in [-0.4, -0.2) is 5.11 Å². The van der Waals surface area contributed by atoms with Gasteiger partial charge < -0.3 is 5.11 Å². The van der Waals surface area contributed by atoms with Crippen LogP contribution >= 0.6 is 22.9 Å². The number of aliphatic hydroxyl groups excluding tert-OH is 1. The number of rotatable bonds is 2. The van der Waals surface area contributed by atoms with Crippen LogP contribution in [0.1, 0.15) is 39.8 Å². The molecule has 19 heavy (non-hydrogen) atoms. The standard InChI is InChI=1S/C15H14ClFOS/c16-12-6-5-10(17)8-11(12)15(18)14-7-9-3-1-2-4-13(9)19-14/h5-8,15,18H,1-4H2. The first kappa shape index (κ1) is 13.1. The van der Waals surface area contributed by atoms with Crippen molar-refractivity contribution in [2.24, 2.45) is 0 Å². The first-order chi connectivity index (χ1) is 9.15. The van der Waals surface area contributed by atoms with Gasteiger partial charge in [0.1, 0.15) is 11.9 Å². The van der Waals surface area contributed by atoms with Gasteiger partial charge in [-0.2, -0.15) is 0 Å². The smallest absolute Gasteiger partial charge is 0.123 e. The first-order valence-corrected chi connectivity index (χ1v) is 7.59. The van der Waals surface area contributed by atoms with Crippen LogP contribution < -0.4 is 0 Å². The lowest BCUT2D eigenvalue weighted by Gasteiger charge is -2.10. The molecule has 4 heteroatoms. The fourth-order valence-corrected chi connectivity index (χ4v) is 4.01. The molecule has 1 atom stereocenters. The fourth-order valence-electron chi connectivity index (χ4n) is 2.53. The molecule has 0 saturated heterocycles. The van der Waals surface area contributed by atoms with Gasteiger partial charge in [-0.1, -0.05) is 11.6 Å². The predicted molar refractivity (Wildman–Crippen MR) is 76.4 cm³/mol. The molecule has 1 aliphatic rings. The molecular formula is C15H14ClFOS. The van der Waals surface area contributed by atoms with E-state index in [-0.39, 0.29) is 5.82 Å². The number of hydrogen-bond acceptors (Lipinski definition) is 2. The van der Waals surface area contributed by atoms with Gasteiger partial charge in [-0.15, -0.1) is 11.3 Å². The summed E-state index contributed by atoms with van der Waals surface area (Å²) in [5.41, 5.74) is 1.78. The summed E-state index contributed by atoms with van der Waals surface area (Å²) in [6.07, 6.45) is 3.75. The Bertz CT molecular complexity index is 585. The van der Waals surface area contributed by atoms with Crippen LogP contribution in [0.4, 0.5) is 4.39 Å². The van der Waals surface area contributed by atoms with Crippen LogP contribution in [0.5, 0.6) is 0 Å². The first-order valence-electron chi connectivity index (χ1n) is 6.39. The van der Waals surface area contributed by atoms with Gasteiger partial charge in [0.2, 0.25) is 0 Å². The zero-order valence-electron chi connectivity index (χ0n) is 10.3. The summed E-state index contributed by atoms with van der Waals surface area (Å²) in [6, 6.07) is 6.15. The van der Waals surface area contributed by atoms with Crippen molar-refractivity contribution in [3.63, 3.8) is 0 Å². The predicted octanol–water partition coefficient (Wildman–Crippen LogP) is 4.50. The molecule has 1 aromatic carbocycles. The zero-order valence-corrected chi connectivity index (χ0v) is 11.9. The molecule has 1 unspecified atom stereocenters. The highest BCUT2D eigenvalue weighted by atomic mass is 35.5. The molecule has 100 valence electrons. The molecule has 2 aromatic rings. The number of aliphatic hydroxyl groups is 1. The molecule has 3 rings (SSSR count). The molecule has 0 spiro atoms. The molecule has 1 heterocycles. The van der Waals surface area contributed by atoms with Crippen molar-refractivity contribution >= 4 is 22.9 Å². The normalized spacial score (nSPS) is 16.2. The fraction of sp³-hybridized carbons (Fsp3) is 0.333. The Hall–Kier alpha value is -0.900. The third-order valence-corrected chi connectivity index (χ3v) is 5.17. The van der Waals surface area contributed by atoms with Crippen molar-refractivity contribution < 1.29 is 9.50 Å². The highest BCUT2D eigenvalue weighted by Crippen LogP contribution is 2.37. The topological polar surface area (TPSA) is 20.2 Å². The molecule has 0 saturated carbocycles. The molecule has 1 nitrogen and oxygen atoms in total. The van der Waals surface area contributed by atoms with E-state index in [1.807, 2.05) is 6.07 Å². The quantitative estimate of drug-likeness (QED) is 0.865. The molecule has 0 fully saturated rings. The van der Waals surface area contributed by atoms with E-state index in [1.54, 1.807) is 11.3 Å². The molecule has 0 radical (unpaired) electrons. The Morgan fingerprint density at radius 2 is 2.00 bits per heavy atom. The summed E-state index contributed by atoms with van der Waals surface area (Å²) in [5, 5.41) is 10.8. The van der Waals surface area contributed by atoms with Crippen LogP contribution in [0, 0.1) is 5.82 Å². The highest BCUT2D eigenvalue weighted by Gasteiger charge is 2.20. The second-order valence-corrected chi connectivity index (χ2v) is 6.45. The molecule has 1 N–H and O–H groups in total. The number of benzene rings is 1. The van der Waals surface area contributed by atoms with Gasteiger partial charge in [0.15, 0.2) is 0 Å². The van der Waals surface area contributed by atoms with Crippen molar-refractivity contribution in [2.45, 2.75) is 31.8 Å². The summed E-state index contributed by atoms with van der Waals surface area (Å²) >= 11 is 7.67. The van der Waals surface area contributed by atoms with E-state index in [9.17, 15) is 9.50 Å². The molecular weight excluding hydrogens is 283 g/mol. The Labute approximate surface area is 120 Å². The van der Waals surface area contributed by atoms with E-state index in [0.717, 1.165) is 17.7 Å². The van der Waals surface area contributed by atoms with E-state index in [4.69, 9.17) is 11.6 Å².